The van der Waals surface area contributed by atoms with Crippen molar-refractivity contribution in [3.8, 4) is 0 Å². The van der Waals surface area contributed by atoms with Crippen molar-refractivity contribution in [3.05, 3.63) is 88.4 Å². The maximum Gasteiger partial charge on any atom is 0.261 e. The zero-order chi connectivity index (χ0) is 24.1. The molecule has 0 aliphatic carbocycles. The number of carbonyl (C=O) groups is 1. The molecule has 1 amide bonds. The molecule has 3 aromatic rings. The monoisotopic (exact) mass is 541 g/mol. The van der Waals surface area contributed by atoms with Crippen molar-refractivity contribution in [1.82, 2.24) is 4.90 Å². The second-order valence-corrected chi connectivity index (χ2v) is 11.3. The summed E-state index contributed by atoms with van der Waals surface area (Å²) in [6, 6.07) is 21.7. The average Bonchev–Trinajstić information content (AvgIpc) is 2.81. The molecule has 3 aromatic carbocycles. The van der Waals surface area contributed by atoms with Crippen LogP contribution in [0.2, 0.25) is 0 Å². The van der Waals surface area contributed by atoms with E-state index in [9.17, 15) is 13.2 Å². The number of nitrogens with zero attached hydrogens (tertiary/aromatic N) is 1. The van der Waals surface area contributed by atoms with Crippen LogP contribution in [-0.2, 0) is 21.4 Å². The Morgan fingerprint density at radius 3 is 2.26 bits per heavy atom. The lowest BCUT2D eigenvalue weighted by Gasteiger charge is -2.31. The zero-order valence-corrected chi connectivity index (χ0v) is 21.4. The SMILES string of the molecule is Cc1cccc(CN2CCC(C(=O)Nc3ccc(S(=O)(=O)Nc4ccc(Br)cc4)cc3)CC2)c1. The van der Waals surface area contributed by atoms with E-state index in [1.165, 1.54) is 23.3 Å². The van der Waals surface area contributed by atoms with Crippen molar-refractivity contribution in [2.75, 3.05) is 23.1 Å². The van der Waals surface area contributed by atoms with E-state index in [0.29, 0.717) is 11.4 Å². The van der Waals surface area contributed by atoms with Gasteiger partial charge in [-0.05, 0) is 86.9 Å². The molecule has 0 atom stereocenters. The van der Waals surface area contributed by atoms with E-state index in [1.54, 1.807) is 36.4 Å². The van der Waals surface area contributed by atoms with Gasteiger partial charge in [-0.25, -0.2) is 8.42 Å². The van der Waals surface area contributed by atoms with Gasteiger partial charge >= 0.3 is 0 Å². The number of rotatable bonds is 7. The Morgan fingerprint density at radius 2 is 1.62 bits per heavy atom. The number of likely N-dealkylation sites (tertiary alicyclic amines) is 1. The van der Waals surface area contributed by atoms with E-state index in [4.69, 9.17) is 0 Å². The van der Waals surface area contributed by atoms with Gasteiger partial charge < -0.3 is 5.32 Å². The molecule has 0 aromatic heterocycles. The maximum absolute atomic E-state index is 12.8. The predicted octanol–water partition coefficient (Wildman–Crippen LogP) is 5.41. The smallest absolute Gasteiger partial charge is 0.261 e. The topological polar surface area (TPSA) is 78.5 Å². The summed E-state index contributed by atoms with van der Waals surface area (Å²) in [6.45, 7) is 4.76. The molecule has 6 nitrogen and oxygen atoms in total. The fraction of sp³-hybridized carbons (Fsp3) is 0.269. The largest absolute Gasteiger partial charge is 0.326 e. The highest BCUT2D eigenvalue weighted by molar-refractivity contribution is 9.10. The van der Waals surface area contributed by atoms with E-state index in [2.05, 4.69) is 62.1 Å². The molecule has 0 saturated carbocycles. The summed E-state index contributed by atoms with van der Waals surface area (Å²) in [5, 5.41) is 2.94. The van der Waals surface area contributed by atoms with Crippen molar-refractivity contribution in [2.24, 2.45) is 5.92 Å². The number of halogens is 1. The van der Waals surface area contributed by atoms with E-state index >= 15 is 0 Å². The molecule has 0 radical (unpaired) electrons. The molecule has 178 valence electrons. The van der Waals surface area contributed by atoms with Crippen LogP contribution in [0.4, 0.5) is 11.4 Å². The lowest BCUT2D eigenvalue weighted by Crippen LogP contribution is -2.37. The summed E-state index contributed by atoms with van der Waals surface area (Å²) >= 11 is 3.33. The minimum atomic E-state index is -3.71. The van der Waals surface area contributed by atoms with Gasteiger partial charge in [-0.2, -0.15) is 0 Å². The third kappa shape index (κ3) is 6.46. The molecule has 4 rings (SSSR count). The first-order valence-corrected chi connectivity index (χ1v) is 13.5. The van der Waals surface area contributed by atoms with Crippen LogP contribution in [0, 0.1) is 12.8 Å². The molecular formula is C26H28BrN3O3S. The number of carbonyl (C=O) groups excluding carboxylic acids is 1. The van der Waals surface area contributed by atoms with Crippen LogP contribution in [-0.4, -0.2) is 32.3 Å². The normalized spacial score (nSPS) is 15.1. The second-order valence-electron chi connectivity index (χ2n) is 8.67. The van der Waals surface area contributed by atoms with Gasteiger partial charge in [0.1, 0.15) is 0 Å². The number of hydrogen-bond acceptors (Lipinski definition) is 4. The van der Waals surface area contributed by atoms with Crippen LogP contribution >= 0.6 is 15.9 Å². The molecule has 1 aliphatic heterocycles. The van der Waals surface area contributed by atoms with Gasteiger partial charge in [0, 0.05) is 28.3 Å². The standard InChI is InChI=1S/C26H28BrN3O3S/c1-19-3-2-4-20(17-19)18-30-15-13-21(14-16-30)26(31)28-23-9-11-25(12-10-23)34(32,33)29-24-7-5-22(27)6-8-24/h2-12,17,21,29H,13-16,18H2,1H3,(H,28,31). The van der Waals surface area contributed by atoms with E-state index in [1.807, 2.05) is 0 Å². The first-order chi connectivity index (χ1) is 16.3. The number of aryl methyl sites for hydroxylation is 1. The summed E-state index contributed by atoms with van der Waals surface area (Å²) in [6.07, 6.45) is 1.61. The number of hydrogen-bond donors (Lipinski definition) is 2. The first kappa shape index (κ1) is 24.4. The lowest BCUT2D eigenvalue weighted by molar-refractivity contribution is -0.121. The predicted molar refractivity (Wildman–Crippen MR) is 139 cm³/mol. The highest BCUT2D eigenvalue weighted by atomic mass is 79.9. The molecule has 0 unspecified atom stereocenters. The van der Waals surface area contributed by atoms with Crippen LogP contribution in [0.25, 0.3) is 0 Å². The maximum atomic E-state index is 12.8. The molecule has 0 spiro atoms. The Morgan fingerprint density at radius 1 is 0.971 bits per heavy atom. The summed E-state index contributed by atoms with van der Waals surface area (Å²) in [5.74, 6) is -0.0601. The molecule has 1 aliphatic rings. The van der Waals surface area contributed by atoms with Crippen LogP contribution in [0.1, 0.15) is 24.0 Å². The van der Waals surface area contributed by atoms with Gasteiger partial charge in [0.25, 0.3) is 10.0 Å². The van der Waals surface area contributed by atoms with Gasteiger partial charge in [-0.15, -0.1) is 0 Å². The van der Waals surface area contributed by atoms with Crippen LogP contribution in [0.5, 0.6) is 0 Å². The number of piperidine rings is 1. The minimum absolute atomic E-state index is 0.0150. The lowest BCUT2D eigenvalue weighted by atomic mass is 9.95. The van der Waals surface area contributed by atoms with Crippen molar-refractivity contribution >= 4 is 43.2 Å². The van der Waals surface area contributed by atoms with E-state index in [-0.39, 0.29) is 16.7 Å². The highest BCUT2D eigenvalue weighted by Gasteiger charge is 2.25. The third-order valence-electron chi connectivity index (χ3n) is 5.98. The Labute approximate surface area is 209 Å². The van der Waals surface area contributed by atoms with Gasteiger partial charge in [0.2, 0.25) is 5.91 Å². The molecule has 2 N–H and O–H groups in total. The summed E-state index contributed by atoms with van der Waals surface area (Å²) in [7, 11) is -3.71. The minimum Gasteiger partial charge on any atom is -0.326 e. The number of nitrogens with one attached hydrogen (secondary N) is 2. The van der Waals surface area contributed by atoms with Crippen molar-refractivity contribution in [3.63, 3.8) is 0 Å². The molecule has 8 heteroatoms. The van der Waals surface area contributed by atoms with Gasteiger partial charge in [-0.3, -0.25) is 14.4 Å². The Balaban J connectivity index is 1.29. The number of amides is 1. The number of anilines is 2. The third-order valence-corrected chi connectivity index (χ3v) is 7.90. The van der Waals surface area contributed by atoms with Gasteiger partial charge in [-0.1, -0.05) is 45.8 Å². The van der Waals surface area contributed by atoms with Crippen molar-refractivity contribution in [2.45, 2.75) is 31.2 Å². The summed E-state index contributed by atoms with van der Waals surface area (Å²) in [5.41, 5.74) is 3.63. The molecule has 1 saturated heterocycles. The highest BCUT2D eigenvalue weighted by Crippen LogP contribution is 2.23. The summed E-state index contributed by atoms with van der Waals surface area (Å²) in [4.78, 5) is 15.3. The fourth-order valence-electron chi connectivity index (χ4n) is 4.12. The molecule has 1 heterocycles. The fourth-order valence-corrected chi connectivity index (χ4v) is 5.44. The van der Waals surface area contributed by atoms with Crippen molar-refractivity contribution < 1.29 is 13.2 Å². The summed E-state index contributed by atoms with van der Waals surface area (Å²) < 4.78 is 28.7. The molecule has 1 fully saturated rings. The van der Waals surface area contributed by atoms with Gasteiger partial charge in [0.15, 0.2) is 0 Å². The zero-order valence-electron chi connectivity index (χ0n) is 19.0. The number of benzene rings is 3. The van der Waals surface area contributed by atoms with E-state index in [0.717, 1.165) is 36.9 Å². The molecular weight excluding hydrogens is 514 g/mol. The Kier molecular flexibility index (Phi) is 7.70. The number of sulfonamides is 1. The van der Waals surface area contributed by atoms with Crippen LogP contribution < -0.4 is 10.0 Å². The first-order valence-electron chi connectivity index (χ1n) is 11.3. The van der Waals surface area contributed by atoms with Crippen molar-refractivity contribution in [1.29, 1.82) is 0 Å². The van der Waals surface area contributed by atoms with Gasteiger partial charge in [0.05, 0.1) is 4.90 Å². The average molecular weight is 542 g/mol. The molecule has 0 bridgehead atoms. The van der Waals surface area contributed by atoms with Crippen LogP contribution in [0.3, 0.4) is 0 Å². The Bertz CT molecular complexity index is 1240. The van der Waals surface area contributed by atoms with Crippen LogP contribution in [0.15, 0.2) is 82.2 Å². The van der Waals surface area contributed by atoms with E-state index < -0.39 is 10.0 Å². The Hall–Kier alpha value is -2.68. The second kappa shape index (κ2) is 10.7. The molecule has 34 heavy (non-hydrogen) atoms. The quantitative estimate of drug-likeness (QED) is 0.419.